The zero-order valence-electron chi connectivity index (χ0n) is 7.02. The summed E-state index contributed by atoms with van der Waals surface area (Å²) in [6, 6.07) is 0. The Balaban J connectivity index is 2.52. The standard InChI is InChI=1S/C7H9F5O2/c8-6(9,7(10,11)12)5(13)14-4-2-1-3-4/h4-5,13H,1-3H2. The number of rotatable bonds is 3. The van der Waals surface area contributed by atoms with Crippen molar-refractivity contribution in [2.45, 2.75) is 43.8 Å². The molecule has 84 valence electrons. The topological polar surface area (TPSA) is 29.5 Å². The van der Waals surface area contributed by atoms with Gasteiger partial charge >= 0.3 is 12.1 Å². The molecule has 14 heavy (non-hydrogen) atoms. The third kappa shape index (κ3) is 2.14. The van der Waals surface area contributed by atoms with E-state index in [9.17, 15) is 22.0 Å². The van der Waals surface area contributed by atoms with Crippen molar-refractivity contribution in [3.63, 3.8) is 0 Å². The van der Waals surface area contributed by atoms with E-state index in [1.54, 1.807) is 0 Å². The van der Waals surface area contributed by atoms with Crippen molar-refractivity contribution in [1.29, 1.82) is 0 Å². The van der Waals surface area contributed by atoms with Crippen LogP contribution in [0.4, 0.5) is 22.0 Å². The molecular weight excluding hydrogens is 211 g/mol. The van der Waals surface area contributed by atoms with Crippen molar-refractivity contribution >= 4 is 0 Å². The predicted molar refractivity (Wildman–Crippen MR) is 35.7 cm³/mol. The fraction of sp³-hybridized carbons (Fsp3) is 1.00. The van der Waals surface area contributed by atoms with Gasteiger partial charge in [-0.15, -0.1) is 0 Å². The molecule has 0 saturated heterocycles. The second-order valence-corrected chi connectivity index (χ2v) is 3.16. The first-order valence-electron chi connectivity index (χ1n) is 4.03. The summed E-state index contributed by atoms with van der Waals surface area (Å²) in [6.07, 6.45) is -8.03. The van der Waals surface area contributed by atoms with E-state index in [1.165, 1.54) is 0 Å². The summed E-state index contributed by atoms with van der Waals surface area (Å²) in [7, 11) is 0. The van der Waals surface area contributed by atoms with Crippen molar-refractivity contribution < 1.29 is 31.8 Å². The number of aliphatic hydroxyl groups is 1. The number of hydrogen-bond acceptors (Lipinski definition) is 2. The van der Waals surface area contributed by atoms with Gasteiger partial charge in [-0.25, -0.2) is 0 Å². The van der Waals surface area contributed by atoms with Gasteiger partial charge in [-0.1, -0.05) is 0 Å². The fourth-order valence-electron chi connectivity index (χ4n) is 0.915. The second-order valence-electron chi connectivity index (χ2n) is 3.16. The summed E-state index contributed by atoms with van der Waals surface area (Å²) < 4.78 is 63.9. The molecule has 0 heterocycles. The van der Waals surface area contributed by atoms with E-state index in [2.05, 4.69) is 4.74 Å². The quantitative estimate of drug-likeness (QED) is 0.582. The molecule has 0 amide bonds. The Morgan fingerprint density at radius 1 is 1.14 bits per heavy atom. The third-order valence-corrected chi connectivity index (χ3v) is 2.06. The first kappa shape index (κ1) is 11.6. The van der Waals surface area contributed by atoms with Crippen LogP contribution in [-0.4, -0.2) is 29.6 Å². The minimum Gasteiger partial charge on any atom is -0.363 e. The van der Waals surface area contributed by atoms with Crippen molar-refractivity contribution in [2.75, 3.05) is 0 Å². The van der Waals surface area contributed by atoms with Crippen LogP contribution in [0.1, 0.15) is 19.3 Å². The van der Waals surface area contributed by atoms with Crippen LogP contribution in [0.15, 0.2) is 0 Å². The van der Waals surface area contributed by atoms with Gasteiger partial charge in [0.25, 0.3) is 0 Å². The van der Waals surface area contributed by atoms with Gasteiger partial charge < -0.3 is 9.84 Å². The number of halogens is 5. The molecule has 1 rings (SSSR count). The van der Waals surface area contributed by atoms with Gasteiger partial charge in [-0.05, 0) is 19.3 Å². The Morgan fingerprint density at radius 2 is 1.64 bits per heavy atom. The minimum atomic E-state index is -5.78. The number of ether oxygens (including phenoxy) is 1. The Labute approximate surface area is 76.7 Å². The number of hydrogen-bond donors (Lipinski definition) is 1. The van der Waals surface area contributed by atoms with E-state index in [1.807, 2.05) is 0 Å². The molecule has 1 aliphatic rings. The second kappa shape index (κ2) is 3.62. The van der Waals surface area contributed by atoms with E-state index in [0.717, 1.165) is 6.42 Å². The van der Waals surface area contributed by atoms with Gasteiger partial charge in [0.15, 0.2) is 0 Å². The molecule has 1 fully saturated rings. The van der Waals surface area contributed by atoms with Gasteiger partial charge in [-0.3, -0.25) is 0 Å². The number of aliphatic hydroxyl groups excluding tert-OH is 1. The van der Waals surface area contributed by atoms with Gasteiger partial charge in [0, 0.05) is 0 Å². The van der Waals surface area contributed by atoms with Crippen LogP contribution in [0.2, 0.25) is 0 Å². The maximum Gasteiger partial charge on any atom is 0.458 e. The summed E-state index contributed by atoms with van der Waals surface area (Å²) in [5.41, 5.74) is 0. The molecule has 1 atom stereocenters. The average Bonchev–Trinajstić information content (AvgIpc) is 1.93. The molecule has 2 nitrogen and oxygen atoms in total. The number of alkyl halides is 5. The van der Waals surface area contributed by atoms with Gasteiger partial charge in [0.1, 0.15) is 0 Å². The van der Waals surface area contributed by atoms with Crippen LogP contribution < -0.4 is 0 Å². The molecule has 1 N–H and O–H groups in total. The predicted octanol–water partition coefficient (Wildman–Crippen LogP) is 2.07. The van der Waals surface area contributed by atoms with Crippen LogP contribution in [0.25, 0.3) is 0 Å². The summed E-state index contributed by atoms with van der Waals surface area (Å²) in [5, 5.41) is 8.56. The molecule has 1 unspecified atom stereocenters. The highest BCUT2D eigenvalue weighted by molar-refractivity contribution is 4.81. The Morgan fingerprint density at radius 3 is 1.93 bits per heavy atom. The van der Waals surface area contributed by atoms with Gasteiger partial charge in [0.05, 0.1) is 6.10 Å². The average molecular weight is 220 g/mol. The van der Waals surface area contributed by atoms with Gasteiger partial charge in [-0.2, -0.15) is 22.0 Å². The van der Waals surface area contributed by atoms with Crippen LogP contribution in [0, 0.1) is 0 Å². The lowest BCUT2D eigenvalue weighted by atomic mass is 9.96. The van der Waals surface area contributed by atoms with Crippen molar-refractivity contribution in [3.05, 3.63) is 0 Å². The highest BCUT2D eigenvalue weighted by Crippen LogP contribution is 2.39. The van der Waals surface area contributed by atoms with Crippen LogP contribution in [0.3, 0.4) is 0 Å². The summed E-state index contributed by atoms with van der Waals surface area (Å²) in [4.78, 5) is 0. The van der Waals surface area contributed by atoms with Crippen LogP contribution in [-0.2, 0) is 4.74 Å². The molecule has 0 aromatic heterocycles. The van der Waals surface area contributed by atoms with Crippen LogP contribution >= 0.6 is 0 Å². The lowest BCUT2D eigenvalue weighted by Gasteiger charge is -2.32. The van der Waals surface area contributed by atoms with Crippen molar-refractivity contribution in [1.82, 2.24) is 0 Å². The largest absolute Gasteiger partial charge is 0.458 e. The lowest BCUT2D eigenvalue weighted by Crippen LogP contribution is -2.50. The molecule has 0 radical (unpaired) electrons. The molecular formula is C7H9F5O2. The summed E-state index contributed by atoms with van der Waals surface area (Å²) in [6.45, 7) is 0. The Hall–Kier alpha value is -0.430. The molecule has 7 heteroatoms. The maximum absolute atomic E-state index is 12.3. The summed E-state index contributed by atoms with van der Waals surface area (Å²) >= 11 is 0. The molecule has 0 aliphatic heterocycles. The highest BCUT2D eigenvalue weighted by atomic mass is 19.4. The van der Waals surface area contributed by atoms with E-state index in [0.29, 0.717) is 12.8 Å². The van der Waals surface area contributed by atoms with Crippen molar-refractivity contribution in [3.8, 4) is 0 Å². The van der Waals surface area contributed by atoms with E-state index < -0.39 is 24.5 Å². The third-order valence-electron chi connectivity index (χ3n) is 2.06. The molecule has 1 aliphatic carbocycles. The smallest absolute Gasteiger partial charge is 0.363 e. The lowest BCUT2D eigenvalue weighted by molar-refractivity contribution is -0.365. The Bertz CT molecular complexity index is 199. The minimum absolute atomic E-state index is 0.408. The molecule has 0 aromatic carbocycles. The fourth-order valence-corrected chi connectivity index (χ4v) is 0.915. The molecule has 0 spiro atoms. The zero-order chi connectivity index (χ0) is 11.0. The molecule has 0 bridgehead atoms. The zero-order valence-corrected chi connectivity index (χ0v) is 7.02. The van der Waals surface area contributed by atoms with E-state index in [-0.39, 0.29) is 0 Å². The highest BCUT2D eigenvalue weighted by Gasteiger charge is 2.63. The van der Waals surface area contributed by atoms with Crippen molar-refractivity contribution in [2.24, 2.45) is 0 Å². The van der Waals surface area contributed by atoms with E-state index >= 15 is 0 Å². The first-order valence-corrected chi connectivity index (χ1v) is 4.03. The SMILES string of the molecule is OC(OC1CCC1)C(F)(F)C(F)(F)F. The Kier molecular flexibility index (Phi) is 3.01. The monoisotopic (exact) mass is 220 g/mol. The van der Waals surface area contributed by atoms with E-state index in [4.69, 9.17) is 5.11 Å². The molecule has 1 saturated carbocycles. The molecule has 0 aromatic rings. The van der Waals surface area contributed by atoms with Crippen LogP contribution in [0.5, 0.6) is 0 Å². The summed E-state index contributed by atoms with van der Waals surface area (Å²) in [5.74, 6) is -5.21. The first-order chi connectivity index (χ1) is 6.25. The maximum atomic E-state index is 12.3. The normalized spacial score (nSPS) is 21.9. The van der Waals surface area contributed by atoms with Gasteiger partial charge in [0.2, 0.25) is 6.29 Å².